The maximum Gasteiger partial charge on any atom is 0.159 e. The van der Waals surface area contributed by atoms with Crippen molar-refractivity contribution in [2.75, 3.05) is 61.2 Å². The summed E-state index contributed by atoms with van der Waals surface area (Å²) in [6.45, 7) is 3.19. The molecule has 1 aromatic carbocycles. The number of benzene rings is 1. The third-order valence-electron chi connectivity index (χ3n) is 5.14. The summed E-state index contributed by atoms with van der Waals surface area (Å²) in [6, 6.07) is 9.35. The fraction of sp³-hybridized carbons (Fsp3) is 0.286. The van der Waals surface area contributed by atoms with Gasteiger partial charge in [0.25, 0.3) is 0 Å². The molecule has 9 nitrogen and oxygen atoms in total. The molecule has 0 unspecified atom stereocenters. The molecule has 1 fully saturated rings. The Morgan fingerprint density at radius 1 is 0.968 bits per heavy atom. The lowest BCUT2D eigenvalue weighted by atomic mass is 10.2. The highest BCUT2D eigenvalue weighted by Gasteiger charge is 2.22. The fourth-order valence-corrected chi connectivity index (χ4v) is 3.75. The number of aromatic nitrogens is 3. The molecule has 1 aliphatic rings. The molecule has 3 aromatic rings. The number of anilines is 5. The van der Waals surface area contributed by atoms with E-state index < -0.39 is 0 Å². The first-order chi connectivity index (χ1) is 15.1. The van der Waals surface area contributed by atoms with Gasteiger partial charge >= 0.3 is 0 Å². The summed E-state index contributed by atoms with van der Waals surface area (Å²) in [6.07, 6.45) is 3.30. The quantitative estimate of drug-likeness (QED) is 0.596. The molecule has 0 amide bonds. The molecule has 3 heterocycles. The summed E-state index contributed by atoms with van der Waals surface area (Å²) in [5.74, 6) is 3.23. The molecule has 0 radical (unpaired) electrons. The van der Waals surface area contributed by atoms with E-state index >= 15 is 0 Å². The predicted octanol–water partition coefficient (Wildman–Crippen LogP) is 3.19. The van der Waals surface area contributed by atoms with Crippen LogP contribution < -0.4 is 30.3 Å². The number of hydrogen-bond donors (Lipinski definition) is 2. The molecule has 31 heavy (non-hydrogen) atoms. The lowest BCUT2D eigenvalue weighted by molar-refractivity contribution is 0.396. The largest absolute Gasteiger partial charge is 0.495 e. The van der Waals surface area contributed by atoms with Crippen molar-refractivity contribution in [3.63, 3.8) is 0 Å². The summed E-state index contributed by atoms with van der Waals surface area (Å²) in [4.78, 5) is 17.6. The number of piperazine rings is 1. The Morgan fingerprint density at radius 2 is 1.71 bits per heavy atom. The van der Waals surface area contributed by atoms with Crippen LogP contribution in [0, 0.1) is 0 Å². The third kappa shape index (κ3) is 4.36. The van der Waals surface area contributed by atoms with Gasteiger partial charge in [-0.2, -0.15) is 0 Å². The Kier molecular flexibility index (Phi) is 6.13. The maximum atomic E-state index is 6.44. The van der Waals surface area contributed by atoms with E-state index in [0.29, 0.717) is 39.5 Å². The number of pyridine rings is 1. The molecule has 4 rings (SSSR count). The first kappa shape index (κ1) is 20.8. The molecule has 0 atom stereocenters. The van der Waals surface area contributed by atoms with Crippen molar-refractivity contribution in [2.24, 2.45) is 0 Å². The minimum absolute atomic E-state index is 0.448. The number of ether oxygens (including phenoxy) is 2. The normalized spacial score (nSPS) is 13.8. The number of methoxy groups -OCH3 is 2. The minimum atomic E-state index is 0.448. The fourth-order valence-electron chi connectivity index (χ4n) is 3.51. The maximum absolute atomic E-state index is 6.44. The molecular formula is C21H24ClN7O2. The van der Waals surface area contributed by atoms with Crippen molar-refractivity contribution >= 4 is 40.4 Å². The molecule has 0 saturated carbocycles. The van der Waals surface area contributed by atoms with E-state index in [1.54, 1.807) is 26.4 Å². The zero-order valence-electron chi connectivity index (χ0n) is 17.4. The van der Waals surface area contributed by atoms with Crippen LogP contribution in [0.1, 0.15) is 0 Å². The van der Waals surface area contributed by atoms with Gasteiger partial charge in [-0.25, -0.2) is 15.0 Å². The minimum Gasteiger partial charge on any atom is -0.495 e. The Balaban J connectivity index is 1.53. The van der Waals surface area contributed by atoms with Crippen LogP contribution >= 0.6 is 11.6 Å². The zero-order valence-corrected chi connectivity index (χ0v) is 18.1. The second-order valence-corrected chi connectivity index (χ2v) is 7.34. The van der Waals surface area contributed by atoms with Gasteiger partial charge in [-0.05, 0) is 18.2 Å². The number of nitrogen functional groups attached to an aromatic ring is 1. The first-order valence-electron chi connectivity index (χ1n) is 9.80. The monoisotopic (exact) mass is 441 g/mol. The van der Waals surface area contributed by atoms with E-state index in [-0.39, 0.29) is 0 Å². The van der Waals surface area contributed by atoms with Gasteiger partial charge in [0.15, 0.2) is 11.6 Å². The average molecular weight is 442 g/mol. The zero-order chi connectivity index (χ0) is 21.8. The van der Waals surface area contributed by atoms with E-state index in [1.165, 1.54) is 6.33 Å². The third-order valence-corrected chi connectivity index (χ3v) is 5.44. The predicted molar refractivity (Wildman–Crippen MR) is 123 cm³/mol. The molecule has 1 aliphatic heterocycles. The number of hydrogen-bond acceptors (Lipinski definition) is 9. The summed E-state index contributed by atoms with van der Waals surface area (Å²) < 4.78 is 10.7. The van der Waals surface area contributed by atoms with E-state index in [9.17, 15) is 0 Å². The number of nitrogens with two attached hydrogens (primary N) is 1. The summed E-state index contributed by atoms with van der Waals surface area (Å²) in [5.41, 5.74) is 7.53. The summed E-state index contributed by atoms with van der Waals surface area (Å²) >= 11 is 6.28. The summed E-state index contributed by atoms with van der Waals surface area (Å²) in [7, 11) is 3.12. The van der Waals surface area contributed by atoms with Gasteiger partial charge in [0.05, 0.1) is 24.9 Å². The van der Waals surface area contributed by atoms with Gasteiger partial charge in [-0.1, -0.05) is 17.7 Å². The van der Waals surface area contributed by atoms with E-state index in [1.807, 2.05) is 24.4 Å². The lowest BCUT2D eigenvalue weighted by Gasteiger charge is -2.36. The number of nitrogens with zero attached hydrogens (tertiary/aromatic N) is 5. The Bertz CT molecular complexity index is 1040. The van der Waals surface area contributed by atoms with Crippen molar-refractivity contribution in [1.29, 1.82) is 0 Å². The molecule has 3 N–H and O–H groups in total. The molecule has 162 valence electrons. The lowest BCUT2D eigenvalue weighted by Crippen LogP contribution is -2.47. The number of nitrogens with one attached hydrogen (secondary N) is 1. The van der Waals surface area contributed by atoms with Crippen molar-refractivity contribution in [3.05, 3.63) is 47.9 Å². The van der Waals surface area contributed by atoms with Crippen molar-refractivity contribution in [2.45, 2.75) is 0 Å². The summed E-state index contributed by atoms with van der Waals surface area (Å²) in [5, 5.41) is 3.66. The van der Waals surface area contributed by atoms with Crippen LogP contribution in [0.5, 0.6) is 11.5 Å². The van der Waals surface area contributed by atoms with Crippen LogP contribution in [-0.2, 0) is 0 Å². The number of halogens is 1. The topological polar surface area (TPSA) is 102 Å². The highest BCUT2D eigenvalue weighted by molar-refractivity contribution is 6.32. The van der Waals surface area contributed by atoms with Crippen LogP contribution in [0.25, 0.3) is 0 Å². The van der Waals surface area contributed by atoms with Crippen LogP contribution in [0.4, 0.5) is 28.8 Å². The molecule has 1 saturated heterocycles. The second kappa shape index (κ2) is 9.13. The SMILES string of the molecule is COc1cc(OC)c(Nc2ncnc(N3CCN(c4ccccn4)CC3)c2N)cc1Cl. The van der Waals surface area contributed by atoms with Gasteiger partial charge < -0.3 is 30.3 Å². The van der Waals surface area contributed by atoms with Gasteiger partial charge in [0.1, 0.15) is 29.3 Å². The van der Waals surface area contributed by atoms with Gasteiger partial charge in [0, 0.05) is 38.4 Å². The molecule has 10 heteroatoms. The molecular weight excluding hydrogens is 418 g/mol. The second-order valence-electron chi connectivity index (χ2n) is 6.93. The van der Waals surface area contributed by atoms with E-state index in [0.717, 1.165) is 32.0 Å². The molecule has 2 aromatic heterocycles. The van der Waals surface area contributed by atoms with Crippen molar-refractivity contribution < 1.29 is 9.47 Å². The highest BCUT2D eigenvalue weighted by atomic mass is 35.5. The molecule has 0 bridgehead atoms. The van der Waals surface area contributed by atoms with Crippen molar-refractivity contribution in [3.8, 4) is 11.5 Å². The molecule has 0 spiro atoms. The average Bonchev–Trinajstić information content (AvgIpc) is 2.81. The van der Waals surface area contributed by atoms with E-state index in [4.69, 9.17) is 26.8 Å². The Morgan fingerprint density at radius 3 is 2.39 bits per heavy atom. The van der Waals surface area contributed by atoms with Crippen LogP contribution in [-0.4, -0.2) is 55.4 Å². The van der Waals surface area contributed by atoms with E-state index in [2.05, 4.69) is 30.1 Å². The first-order valence-corrected chi connectivity index (χ1v) is 10.2. The van der Waals surface area contributed by atoms with Crippen LogP contribution in [0.2, 0.25) is 5.02 Å². The van der Waals surface area contributed by atoms with Gasteiger partial charge in [-0.3, -0.25) is 0 Å². The number of rotatable bonds is 6. The molecule has 0 aliphatic carbocycles. The van der Waals surface area contributed by atoms with Gasteiger partial charge in [-0.15, -0.1) is 0 Å². The Labute approximate surface area is 185 Å². The standard InChI is InChI=1S/C21H24ClN7O2/c1-30-16-12-17(31-2)15(11-14(16)22)27-20-19(23)21(26-13-25-20)29-9-7-28(8-10-29)18-5-3-4-6-24-18/h3-6,11-13H,7-10,23H2,1-2H3,(H,25,26,27). The Hall–Kier alpha value is -3.46. The smallest absolute Gasteiger partial charge is 0.159 e. The van der Waals surface area contributed by atoms with Crippen molar-refractivity contribution in [1.82, 2.24) is 15.0 Å². The van der Waals surface area contributed by atoms with Gasteiger partial charge in [0.2, 0.25) is 0 Å². The highest BCUT2D eigenvalue weighted by Crippen LogP contribution is 2.38. The van der Waals surface area contributed by atoms with Crippen LogP contribution in [0.15, 0.2) is 42.9 Å². The van der Waals surface area contributed by atoms with Crippen LogP contribution in [0.3, 0.4) is 0 Å².